The number of benzene rings is 2. The van der Waals surface area contributed by atoms with Gasteiger partial charge in [0.15, 0.2) is 5.78 Å². The average Bonchev–Trinajstić information content (AvgIpc) is 2.80. The van der Waals surface area contributed by atoms with Crippen molar-refractivity contribution in [2.24, 2.45) is 0 Å². The minimum atomic E-state index is -0.576. The Balaban J connectivity index is 0.00000160. The van der Waals surface area contributed by atoms with Crippen LogP contribution in [0.5, 0.6) is 11.5 Å². The van der Waals surface area contributed by atoms with Gasteiger partial charge < -0.3 is 36.1 Å². The van der Waals surface area contributed by atoms with Gasteiger partial charge in [-0.1, -0.05) is 11.6 Å². The molecular weight excluding hydrogens is 408 g/mol. The summed E-state index contributed by atoms with van der Waals surface area (Å²) in [4.78, 5) is 28.4. The summed E-state index contributed by atoms with van der Waals surface area (Å²) in [6, 6.07) is 6.24. The number of carbonyl (C=O) groups excluding carboxylic acids is 2. The number of hydrogen-bond donors (Lipinski definition) is 4. The largest absolute Gasteiger partial charge is 1.00 e. The molecule has 0 aromatic heterocycles. The Kier molecular flexibility index (Phi) is 8.43. The number of aromatic hydroxyl groups is 2. The molecule has 1 aliphatic carbocycles. The average molecular weight is 427 g/mol. The summed E-state index contributed by atoms with van der Waals surface area (Å²) in [6.45, 7) is 0.943. The van der Waals surface area contributed by atoms with Crippen molar-refractivity contribution < 1.29 is 84.0 Å². The van der Waals surface area contributed by atoms with Crippen LogP contribution in [0, 0.1) is 6.04 Å². The van der Waals surface area contributed by atoms with Crippen LogP contribution in [-0.2, 0) is 0 Å². The number of β-amino-alcohol motifs (C(OH)–C–C–N with tert-alkyl or cyclic N) is 1. The monoisotopic (exact) mass is 427 g/mol. The summed E-state index contributed by atoms with van der Waals surface area (Å²) in [7, 11) is 0. The fourth-order valence-electron chi connectivity index (χ4n) is 3.96. The van der Waals surface area contributed by atoms with Gasteiger partial charge in [0.2, 0.25) is 0 Å². The maximum Gasteiger partial charge on any atom is 1.00 e. The number of nitrogens with zero attached hydrogens (tertiary/aromatic N) is 1. The van der Waals surface area contributed by atoms with Gasteiger partial charge >= 0.3 is 59.1 Å². The van der Waals surface area contributed by atoms with Crippen molar-refractivity contribution in [1.29, 1.82) is 0 Å². The van der Waals surface area contributed by atoms with Crippen molar-refractivity contribution in [3.8, 4) is 11.5 Å². The fraction of sp³-hybridized carbons (Fsp3) is 0.250. The number of carbonyl (C=O) groups is 2. The Hall–Kier alpha value is -1.07. The van der Waals surface area contributed by atoms with Gasteiger partial charge in [-0.15, -0.1) is 6.04 Å². The molecule has 146 valence electrons. The molecule has 0 amide bonds. The van der Waals surface area contributed by atoms with E-state index in [2.05, 4.69) is 5.32 Å². The Morgan fingerprint density at radius 3 is 2.13 bits per heavy atom. The van der Waals surface area contributed by atoms with Gasteiger partial charge in [0, 0.05) is 30.9 Å². The van der Waals surface area contributed by atoms with Crippen molar-refractivity contribution >= 4 is 17.3 Å². The summed E-state index contributed by atoms with van der Waals surface area (Å²) in [5.74, 6) is -1.87. The molecule has 0 spiro atoms. The smallest absolute Gasteiger partial charge is 0.683 e. The molecule has 0 saturated heterocycles. The molecule has 10 heteroatoms. The van der Waals surface area contributed by atoms with Crippen LogP contribution in [0.1, 0.15) is 37.4 Å². The van der Waals surface area contributed by atoms with Gasteiger partial charge in [0.1, 0.15) is 17.3 Å². The number of ketones is 2. The van der Waals surface area contributed by atoms with Gasteiger partial charge in [-0.25, -0.2) is 0 Å². The first-order valence-corrected chi connectivity index (χ1v) is 8.91. The van der Waals surface area contributed by atoms with E-state index in [0.29, 0.717) is 30.4 Å². The molecule has 0 fully saturated rings. The van der Waals surface area contributed by atoms with E-state index in [4.69, 9.17) is 5.73 Å². The fourth-order valence-corrected chi connectivity index (χ4v) is 3.96. The second-order valence-corrected chi connectivity index (χ2v) is 6.68. The molecule has 30 heavy (non-hydrogen) atoms. The summed E-state index contributed by atoms with van der Waals surface area (Å²) in [6.07, 6.45) is 0. The Morgan fingerprint density at radius 1 is 0.967 bits per heavy atom. The number of fused-ring (bicyclic) bond motifs is 7. The number of rotatable bonds is 3. The molecule has 5 N–H and O–H groups in total. The number of phenols is 2. The molecule has 2 aromatic rings. The van der Waals surface area contributed by atoms with Crippen molar-refractivity contribution in [3.63, 3.8) is 0 Å². The molecule has 0 atom stereocenters. The van der Waals surface area contributed by atoms with E-state index in [9.17, 15) is 24.9 Å². The van der Waals surface area contributed by atoms with Crippen molar-refractivity contribution in [3.05, 3.63) is 63.9 Å². The van der Waals surface area contributed by atoms with E-state index in [-0.39, 0.29) is 113 Å². The minimum Gasteiger partial charge on any atom is -0.683 e. The van der Waals surface area contributed by atoms with E-state index in [1.807, 2.05) is 4.90 Å². The second-order valence-electron chi connectivity index (χ2n) is 6.68. The molecule has 0 saturated carbocycles. The Bertz CT molecular complexity index is 999. The molecule has 8 nitrogen and oxygen atoms in total. The summed E-state index contributed by atoms with van der Waals surface area (Å²) in [5, 5.41) is 33.0. The van der Waals surface area contributed by atoms with Crippen LogP contribution in [0.3, 0.4) is 0 Å². The number of nitrogens with one attached hydrogen (secondary N) is 2. The van der Waals surface area contributed by atoms with Crippen molar-refractivity contribution in [2.45, 2.75) is 0 Å². The van der Waals surface area contributed by atoms with Crippen LogP contribution in [0.4, 0.5) is 5.69 Å². The van der Waals surface area contributed by atoms with E-state index < -0.39 is 11.6 Å². The van der Waals surface area contributed by atoms with Gasteiger partial charge in [-0.3, -0.25) is 4.79 Å². The molecule has 0 unspecified atom stereocenters. The number of hydrogen-bond acceptors (Lipinski definition) is 7. The van der Waals surface area contributed by atoms with Crippen LogP contribution in [0.15, 0.2) is 24.3 Å². The Labute approximate surface area is 218 Å². The third-order valence-corrected chi connectivity index (χ3v) is 5.20. The minimum absolute atomic E-state index is 0. The molecule has 2 bridgehead atoms. The van der Waals surface area contributed by atoms with Gasteiger partial charge in [0.05, 0.1) is 17.7 Å². The maximum absolute atomic E-state index is 13.3. The first-order valence-electron chi connectivity index (χ1n) is 8.91. The molecule has 1 aliphatic heterocycles. The third kappa shape index (κ3) is 3.92. The molecule has 2 aliphatic rings. The van der Waals surface area contributed by atoms with Crippen LogP contribution in [0.25, 0.3) is 5.73 Å². The topological polar surface area (TPSA) is 134 Å². The summed E-state index contributed by atoms with van der Waals surface area (Å²) < 4.78 is 0. The van der Waals surface area contributed by atoms with Gasteiger partial charge in [0.25, 0.3) is 0 Å². The molecule has 2 aromatic carbocycles. The number of anilines is 1. The number of aliphatic hydroxyl groups is 1. The van der Waals surface area contributed by atoms with E-state index in [0.717, 1.165) is 0 Å². The zero-order valence-electron chi connectivity index (χ0n) is 17.0. The summed E-state index contributed by atoms with van der Waals surface area (Å²) >= 11 is 0. The molecular formula is C20H19N3Na2O5. The van der Waals surface area contributed by atoms with E-state index >= 15 is 0 Å². The first kappa shape index (κ1) is 25.2. The third-order valence-electron chi connectivity index (χ3n) is 5.20. The van der Waals surface area contributed by atoms with Gasteiger partial charge in [-0.05, 0) is 12.1 Å². The second kappa shape index (κ2) is 10.0. The quantitative estimate of drug-likeness (QED) is 0.188. The Morgan fingerprint density at radius 2 is 1.57 bits per heavy atom. The normalized spacial score (nSPS) is 15.1. The first-order chi connectivity index (χ1) is 13.5. The van der Waals surface area contributed by atoms with E-state index in [1.165, 1.54) is 12.1 Å². The molecule has 1 heterocycles. The molecule has 4 rings (SSSR count). The SMILES string of the molecule is [NH-]C[C-]1c2ccc(c3c2C(=O)c2c(O)ccc(O)c2C3=O)NCCN1CCO.[Na+].[Na+]. The van der Waals surface area contributed by atoms with Crippen molar-refractivity contribution in [1.82, 2.24) is 4.90 Å². The van der Waals surface area contributed by atoms with E-state index in [1.54, 1.807) is 12.1 Å². The standard InChI is InChI=1S/C20H19N3O5.2Na/c21-9-12-10-1-2-11(22-5-6-23(12)7-8-24)16-15(10)19(27)17-13(25)3-4-14(26)18(17)20(16)28;;/h1-4,21-22,24-26H,5-9H2;;/q-2;2*+1. The number of aliphatic hydroxyl groups excluding tert-OH is 1. The number of phenolic OH excluding ortho intramolecular Hbond substituents is 2. The predicted octanol–water partition coefficient (Wildman–Crippen LogP) is -4.47. The zero-order chi connectivity index (χ0) is 20.0. The van der Waals surface area contributed by atoms with Crippen molar-refractivity contribution in [2.75, 3.05) is 38.1 Å². The maximum atomic E-state index is 13.3. The van der Waals surface area contributed by atoms with Crippen LogP contribution in [-0.4, -0.2) is 64.6 Å². The molecule has 0 radical (unpaired) electrons. The van der Waals surface area contributed by atoms with Crippen LogP contribution >= 0.6 is 0 Å². The van der Waals surface area contributed by atoms with Crippen LogP contribution < -0.4 is 64.4 Å². The zero-order valence-corrected chi connectivity index (χ0v) is 21.0. The predicted molar refractivity (Wildman–Crippen MR) is 102 cm³/mol. The van der Waals surface area contributed by atoms with Gasteiger partial charge in [-0.2, -0.15) is 18.2 Å². The summed E-state index contributed by atoms with van der Waals surface area (Å²) in [5.41, 5.74) is 8.68. The van der Waals surface area contributed by atoms with Crippen LogP contribution in [0.2, 0.25) is 0 Å².